The molecule has 146 valence electrons. The average Bonchev–Trinajstić information content (AvgIpc) is 3.03. The van der Waals surface area contributed by atoms with Crippen molar-refractivity contribution < 1.29 is 0 Å². The van der Waals surface area contributed by atoms with Gasteiger partial charge in [0.1, 0.15) is 0 Å². The number of aromatic nitrogens is 4. The van der Waals surface area contributed by atoms with Crippen LogP contribution in [-0.4, -0.2) is 37.3 Å². The zero-order chi connectivity index (χ0) is 19.7. The Hall–Kier alpha value is -2.02. The van der Waals surface area contributed by atoms with Crippen LogP contribution < -0.4 is 0 Å². The number of likely N-dealkylation sites (tertiary alicyclic amines) is 1. The molecule has 0 N–H and O–H groups in total. The summed E-state index contributed by atoms with van der Waals surface area (Å²) in [6, 6.07) is 9.80. The van der Waals surface area contributed by atoms with E-state index in [9.17, 15) is 0 Å². The second-order valence-electron chi connectivity index (χ2n) is 7.50. The Bertz CT molecular complexity index is 1020. The molecule has 0 unspecified atom stereocenters. The molecule has 28 heavy (non-hydrogen) atoms. The number of rotatable bonds is 4. The lowest BCUT2D eigenvalue weighted by molar-refractivity contribution is 0.146. The van der Waals surface area contributed by atoms with E-state index in [1.54, 1.807) is 12.4 Å². The van der Waals surface area contributed by atoms with E-state index in [1.165, 1.54) is 12.8 Å². The van der Waals surface area contributed by atoms with Crippen molar-refractivity contribution in [3.63, 3.8) is 0 Å². The average molecular weight is 414 g/mol. The highest BCUT2D eigenvalue weighted by Gasteiger charge is 2.20. The fraction of sp³-hybridized carbons (Fsp3) is 0.381. The lowest BCUT2D eigenvalue weighted by atomic mass is 10.00. The molecule has 4 rings (SSSR count). The van der Waals surface area contributed by atoms with Gasteiger partial charge in [0.25, 0.3) is 0 Å². The minimum atomic E-state index is 0.677. The minimum Gasteiger partial charge on any atom is -0.284 e. The summed E-state index contributed by atoms with van der Waals surface area (Å²) in [5.74, 6) is 1.60. The maximum Gasteiger partial charge on any atom is 0.204 e. The van der Waals surface area contributed by atoms with Gasteiger partial charge in [0.15, 0.2) is 5.82 Å². The fourth-order valence-electron chi connectivity index (χ4n) is 3.64. The van der Waals surface area contributed by atoms with Gasteiger partial charge < -0.3 is 0 Å². The highest BCUT2D eigenvalue weighted by Crippen LogP contribution is 2.28. The number of hydrogen-bond donors (Lipinski definition) is 0. The fourth-order valence-corrected chi connectivity index (χ4v) is 4.09. The first-order valence-corrected chi connectivity index (χ1v) is 10.4. The first kappa shape index (κ1) is 19.3. The van der Waals surface area contributed by atoms with E-state index in [0.717, 1.165) is 46.7 Å². The predicted octanol–water partition coefficient (Wildman–Crippen LogP) is 5.12. The molecule has 0 atom stereocenters. The van der Waals surface area contributed by atoms with Crippen molar-refractivity contribution in [2.75, 3.05) is 13.1 Å². The Morgan fingerprint density at radius 2 is 1.86 bits per heavy atom. The van der Waals surface area contributed by atoms with Gasteiger partial charge in [0.05, 0.1) is 12.4 Å². The van der Waals surface area contributed by atoms with E-state index < -0.39 is 0 Å². The predicted molar refractivity (Wildman–Crippen MR) is 115 cm³/mol. The molecule has 7 heteroatoms. The Kier molecular flexibility index (Phi) is 5.62. The van der Waals surface area contributed by atoms with Crippen LogP contribution in [0.5, 0.6) is 0 Å². The molecule has 5 nitrogen and oxygen atoms in total. The Labute approximate surface area is 175 Å². The molecule has 3 heterocycles. The van der Waals surface area contributed by atoms with Gasteiger partial charge in [-0.3, -0.25) is 14.5 Å². The minimum absolute atomic E-state index is 0.677. The van der Waals surface area contributed by atoms with Gasteiger partial charge in [-0.05, 0) is 67.7 Å². The van der Waals surface area contributed by atoms with E-state index in [2.05, 4.69) is 16.8 Å². The molecule has 0 amide bonds. The second kappa shape index (κ2) is 8.15. The van der Waals surface area contributed by atoms with Gasteiger partial charge in [-0.15, -0.1) is 5.10 Å². The largest absolute Gasteiger partial charge is 0.284 e. The zero-order valence-corrected chi connectivity index (χ0v) is 17.7. The van der Waals surface area contributed by atoms with Crippen LogP contribution in [0.1, 0.15) is 25.3 Å². The molecule has 3 aromatic rings. The number of piperidine rings is 1. The molecular weight excluding hydrogens is 390 g/mol. The maximum atomic E-state index is 6.40. The van der Waals surface area contributed by atoms with Gasteiger partial charge in [0, 0.05) is 36.1 Å². The number of hydrogen-bond acceptors (Lipinski definition) is 4. The van der Waals surface area contributed by atoms with E-state index in [1.807, 2.05) is 46.5 Å². The molecule has 0 bridgehead atoms. The van der Waals surface area contributed by atoms with Gasteiger partial charge in [0.2, 0.25) is 4.77 Å². The van der Waals surface area contributed by atoms with Crippen molar-refractivity contribution in [1.82, 2.24) is 24.2 Å². The molecule has 1 fully saturated rings. The maximum absolute atomic E-state index is 6.40. The molecule has 0 radical (unpaired) electrons. The quantitative estimate of drug-likeness (QED) is 0.556. The van der Waals surface area contributed by atoms with Crippen LogP contribution >= 0.6 is 23.8 Å². The molecule has 0 aliphatic carbocycles. The molecule has 2 aromatic heterocycles. The van der Waals surface area contributed by atoms with Gasteiger partial charge in [-0.25, -0.2) is 4.68 Å². The molecule has 0 spiro atoms. The van der Waals surface area contributed by atoms with Crippen LogP contribution in [0.15, 0.2) is 42.7 Å². The smallest absolute Gasteiger partial charge is 0.204 e. The third-order valence-electron chi connectivity index (χ3n) is 5.47. The SMILES string of the molecule is Cc1c(Cl)cccc1-n1c(-c2ccncc2)nn(CN2CCC(C)CC2)c1=S. The number of halogens is 1. The third-order valence-corrected chi connectivity index (χ3v) is 6.27. The van der Waals surface area contributed by atoms with Crippen molar-refractivity contribution in [3.8, 4) is 17.1 Å². The summed E-state index contributed by atoms with van der Waals surface area (Å²) in [6.45, 7) is 7.20. The molecule has 1 aliphatic rings. The summed E-state index contributed by atoms with van der Waals surface area (Å²) in [5.41, 5.74) is 2.93. The van der Waals surface area contributed by atoms with E-state index in [-0.39, 0.29) is 0 Å². The van der Waals surface area contributed by atoms with Crippen LogP contribution in [0, 0.1) is 17.6 Å². The molecular formula is C21H24ClN5S. The first-order chi connectivity index (χ1) is 13.5. The Morgan fingerprint density at radius 1 is 1.14 bits per heavy atom. The van der Waals surface area contributed by atoms with Gasteiger partial charge in [-0.1, -0.05) is 24.6 Å². The second-order valence-corrected chi connectivity index (χ2v) is 8.28. The lowest BCUT2D eigenvalue weighted by Crippen LogP contribution is -2.34. The van der Waals surface area contributed by atoms with E-state index in [0.29, 0.717) is 11.4 Å². The van der Waals surface area contributed by atoms with Crippen molar-refractivity contribution in [3.05, 3.63) is 58.1 Å². The lowest BCUT2D eigenvalue weighted by Gasteiger charge is -2.29. The monoisotopic (exact) mass is 413 g/mol. The Morgan fingerprint density at radius 3 is 2.57 bits per heavy atom. The standard InChI is InChI=1S/C21H24ClN5S/c1-15-8-12-25(13-9-15)14-26-21(28)27(19-5-3-4-18(22)16(19)2)20(24-26)17-6-10-23-11-7-17/h3-7,10-11,15H,8-9,12-14H2,1-2H3. The van der Waals surface area contributed by atoms with E-state index >= 15 is 0 Å². The number of pyridine rings is 1. The summed E-state index contributed by atoms with van der Waals surface area (Å²) in [7, 11) is 0. The van der Waals surface area contributed by atoms with Crippen LogP contribution in [0.4, 0.5) is 0 Å². The molecule has 0 saturated carbocycles. The summed E-state index contributed by atoms with van der Waals surface area (Å²) in [6.07, 6.45) is 5.99. The van der Waals surface area contributed by atoms with Crippen LogP contribution in [0.25, 0.3) is 17.1 Å². The summed E-state index contributed by atoms with van der Waals surface area (Å²) in [4.78, 5) is 6.56. The zero-order valence-electron chi connectivity index (χ0n) is 16.2. The van der Waals surface area contributed by atoms with Gasteiger partial charge in [-0.2, -0.15) is 0 Å². The summed E-state index contributed by atoms with van der Waals surface area (Å²) < 4.78 is 4.63. The van der Waals surface area contributed by atoms with Crippen LogP contribution in [-0.2, 0) is 6.67 Å². The highest BCUT2D eigenvalue weighted by molar-refractivity contribution is 7.71. The molecule has 1 aliphatic heterocycles. The van der Waals surface area contributed by atoms with Gasteiger partial charge >= 0.3 is 0 Å². The molecule has 1 saturated heterocycles. The third kappa shape index (κ3) is 3.77. The normalized spacial score (nSPS) is 15.8. The molecule has 1 aromatic carbocycles. The topological polar surface area (TPSA) is 38.9 Å². The Balaban J connectivity index is 1.81. The van der Waals surface area contributed by atoms with Crippen molar-refractivity contribution in [2.45, 2.75) is 33.4 Å². The van der Waals surface area contributed by atoms with Crippen molar-refractivity contribution >= 4 is 23.8 Å². The summed E-state index contributed by atoms with van der Waals surface area (Å²) >= 11 is 12.3. The van der Waals surface area contributed by atoms with Crippen molar-refractivity contribution in [2.24, 2.45) is 5.92 Å². The van der Waals surface area contributed by atoms with Crippen LogP contribution in [0.2, 0.25) is 5.02 Å². The van der Waals surface area contributed by atoms with E-state index in [4.69, 9.17) is 28.9 Å². The van der Waals surface area contributed by atoms with Crippen LogP contribution in [0.3, 0.4) is 0 Å². The van der Waals surface area contributed by atoms with Crippen molar-refractivity contribution in [1.29, 1.82) is 0 Å². The number of benzene rings is 1. The highest BCUT2D eigenvalue weighted by atomic mass is 35.5. The first-order valence-electron chi connectivity index (χ1n) is 9.62. The number of nitrogens with zero attached hydrogens (tertiary/aromatic N) is 5. The summed E-state index contributed by atoms with van der Waals surface area (Å²) in [5, 5.41) is 5.62.